The van der Waals surface area contributed by atoms with Crippen LogP contribution < -0.4 is 0 Å². The zero-order valence-electron chi connectivity index (χ0n) is 10.4. The first kappa shape index (κ1) is 10.1. The highest BCUT2D eigenvalue weighted by Gasteiger charge is 2.60. The predicted molar refractivity (Wildman–Crippen MR) is 61.7 cm³/mol. The van der Waals surface area contributed by atoms with Crippen LogP contribution in [0.25, 0.3) is 0 Å². The summed E-state index contributed by atoms with van der Waals surface area (Å²) in [6.45, 7) is 7.06. The lowest BCUT2D eigenvalue weighted by atomic mass is 9.61. The van der Waals surface area contributed by atoms with Crippen molar-refractivity contribution in [1.29, 1.82) is 0 Å². The second kappa shape index (κ2) is 3.00. The molecule has 1 aliphatic heterocycles. The molecule has 0 aromatic heterocycles. The fraction of sp³-hybridized carbons (Fsp3) is 1.00. The van der Waals surface area contributed by atoms with Crippen molar-refractivity contribution in [3.63, 3.8) is 0 Å². The molecule has 1 spiro atoms. The lowest BCUT2D eigenvalue weighted by molar-refractivity contribution is -0.156. The normalized spacial score (nSPS) is 52.6. The van der Waals surface area contributed by atoms with Crippen LogP contribution in [0.3, 0.4) is 0 Å². The van der Waals surface area contributed by atoms with Gasteiger partial charge in [0.2, 0.25) is 0 Å². The van der Waals surface area contributed by atoms with Gasteiger partial charge in [-0.05, 0) is 63.7 Å². The van der Waals surface area contributed by atoms with Gasteiger partial charge in [0.15, 0.2) is 0 Å². The monoisotopic (exact) mass is 208 g/mol. The molecule has 1 heterocycles. The van der Waals surface area contributed by atoms with Crippen LogP contribution in [0, 0.1) is 17.8 Å². The maximum absolute atomic E-state index is 6.58. The summed E-state index contributed by atoms with van der Waals surface area (Å²) in [5.41, 5.74) is 0.436. The molecule has 3 fully saturated rings. The third-order valence-electron chi connectivity index (χ3n) is 5.58. The van der Waals surface area contributed by atoms with Crippen molar-refractivity contribution in [2.75, 3.05) is 0 Å². The van der Waals surface area contributed by atoms with E-state index in [-0.39, 0.29) is 11.2 Å². The minimum absolute atomic E-state index is 0.153. The van der Waals surface area contributed by atoms with E-state index in [4.69, 9.17) is 4.74 Å². The molecule has 4 atom stereocenters. The summed E-state index contributed by atoms with van der Waals surface area (Å²) in [6.07, 6.45) is 8.44. The van der Waals surface area contributed by atoms with Crippen molar-refractivity contribution >= 4 is 0 Å². The van der Waals surface area contributed by atoms with E-state index in [0.717, 1.165) is 17.8 Å². The summed E-state index contributed by atoms with van der Waals surface area (Å²) in [7, 11) is 0. The molecule has 0 aromatic rings. The molecule has 1 nitrogen and oxygen atoms in total. The Morgan fingerprint density at radius 3 is 2.53 bits per heavy atom. The largest absolute Gasteiger partial charge is 0.368 e. The molecule has 1 saturated heterocycles. The number of ether oxygens (including phenoxy) is 1. The van der Waals surface area contributed by atoms with Crippen molar-refractivity contribution in [3.8, 4) is 0 Å². The average molecular weight is 208 g/mol. The first-order valence-corrected chi connectivity index (χ1v) is 6.75. The van der Waals surface area contributed by atoms with E-state index in [0.29, 0.717) is 0 Å². The van der Waals surface area contributed by atoms with Gasteiger partial charge in [0.1, 0.15) is 0 Å². The SMILES string of the molecule is CC1CCCC2CCC3CC12OC3(C)C. The maximum atomic E-state index is 6.58. The summed E-state index contributed by atoms with van der Waals surface area (Å²) < 4.78 is 6.58. The molecule has 2 saturated carbocycles. The zero-order valence-corrected chi connectivity index (χ0v) is 10.4. The highest BCUT2D eigenvalue weighted by Crippen LogP contribution is 2.59. The van der Waals surface area contributed by atoms with Crippen LogP contribution in [0.2, 0.25) is 0 Å². The molecule has 2 aliphatic carbocycles. The fourth-order valence-corrected chi connectivity index (χ4v) is 4.60. The van der Waals surface area contributed by atoms with Crippen molar-refractivity contribution in [2.24, 2.45) is 17.8 Å². The average Bonchev–Trinajstić information content (AvgIpc) is 2.38. The van der Waals surface area contributed by atoms with Gasteiger partial charge in [0.05, 0.1) is 11.2 Å². The highest BCUT2D eigenvalue weighted by atomic mass is 16.5. The summed E-state index contributed by atoms with van der Waals surface area (Å²) in [4.78, 5) is 0. The number of hydrogen-bond donors (Lipinski definition) is 0. The van der Waals surface area contributed by atoms with Crippen LogP contribution in [0.4, 0.5) is 0 Å². The second-order valence-electron chi connectivity index (χ2n) is 6.67. The van der Waals surface area contributed by atoms with Gasteiger partial charge in [-0.2, -0.15) is 0 Å². The van der Waals surface area contributed by atoms with Gasteiger partial charge in [0, 0.05) is 0 Å². The highest BCUT2D eigenvalue weighted by molar-refractivity contribution is 5.09. The third-order valence-corrected chi connectivity index (χ3v) is 5.58. The molecule has 0 amide bonds. The Morgan fingerprint density at radius 1 is 1.00 bits per heavy atom. The molecule has 86 valence electrons. The van der Waals surface area contributed by atoms with Gasteiger partial charge in [-0.1, -0.05) is 13.3 Å². The summed E-state index contributed by atoms with van der Waals surface area (Å²) in [5.74, 6) is 2.49. The van der Waals surface area contributed by atoms with E-state index in [9.17, 15) is 0 Å². The Balaban J connectivity index is 1.97. The Labute approximate surface area is 93.6 Å². The van der Waals surface area contributed by atoms with Crippen molar-refractivity contribution in [1.82, 2.24) is 0 Å². The quantitative estimate of drug-likeness (QED) is 0.589. The molecule has 1 heteroatoms. The van der Waals surface area contributed by atoms with Crippen molar-refractivity contribution in [3.05, 3.63) is 0 Å². The van der Waals surface area contributed by atoms with E-state index in [1.54, 1.807) is 0 Å². The minimum Gasteiger partial charge on any atom is -0.368 e. The second-order valence-corrected chi connectivity index (χ2v) is 6.67. The maximum Gasteiger partial charge on any atom is 0.0747 e. The summed E-state index contributed by atoms with van der Waals surface area (Å²) in [5, 5.41) is 0. The Bertz CT molecular complexity index is 271. The summed E-state index contributed by atoms with van der Waals surface area (Å²) in [6, 6.07) is 0. The van der Waals surface area contributed by atoms with E-state index in [1.165, 1.54) is 38.5 Å². The molecule has 2 bridgehead atoms. The van der Waals surface area contributed by atoms with Gasteiger partial charge in [-0.25, -0.2) is 0 Å². The van der Waals surface area contributed by atoms with Gasteiger partial charge in [0.25, 0.3) is 0 Å². The molecular weight excluding hydrogens is 184 g/mol. The molecule has 3 aliphatic rings. The van der Waals surface area contributed by atoms with Crippen LogP contribution >= 0.6 is 0 Å². The first-order valence-electron chi connectivity index (χ1n) is 6.75. The lowest BCUT2D eigenvalue weighted by Gasteiger charge is -2.47. The van der Waals surface area contributed by atoms with Crippen LogP contribution in [0.15, 0.2) is 0 Å². The van der Waals surface area contributed by atoms with Crippen LogP contribution in [-0.4, -0.2) is 11.2 Å². The first-order chi connectivity index (χ1) is 7.05. The number of hydrogen-bond acceptors (Lipinski definition) is 1. The van der Waals surface area contributed by atoms with Crippen molar-refractivity contribution < 1.29 is 4.74 Å². The van der Waals surface area contributed by atoms with Gasteiger partial charge >= 0.3 is 0 Å². The zero-order chi connectivity index (χ0) is 10.7. The Kier molecular flexibility index (Phi) is 2.03. The van der Waals surface area contributed by atoms with E-state index < -0.39 is 0 Å². The molecule has 0 N–H and O–H groups in total. The molecule has 0 radical (unpaired) electrons. The van der Waals surface area contributed by atoms with Crippen LogP contribution in [0.1, 0.15) is 59.3 Å². The predicted octanol–water partition coefficient (Wildman–Crippen LogP) is 3.77. The number of rotatable bonds is 0. The molecule has 3 rings (SSSR count). The minimum atomic E-state index is 0.153. The third kappa shape index (κ3) is 1.25. The van der Waals surface area contributed by atoms with Crippen molar-refractivity contribution in [2.45, 2.75) is 70.5 Å². The van der Waals surface area contributed by atoms with E-state index in [2.05, 4.69) is 20.8 Å². The molecule has 4 unspecified atom stereocenters. The Hall–Kier alpha value is -0.0400. The fourth-order valence-electron chi connectivity index (χ4n) is 4.60. The summed E-state index contributed by atoms with van der Waals surface area (Å²) >= 11 is 0. The number of fused-ring (bicyclic) bond motifs is 1. The van der Waals surface area contributed by atoms with Gasteiger partial charge in [-0.3, -0.25) is 0 Å². The van der Waals surface area contributed by atoms with Gasteiger partial charge in [-0.15, -0.1) is 0 Å². The molecule has 0 aromatic carbocycles. The van der Waals surface area contributed by atoms with Crippen LogP contribution in [0.5, 0.6) is 0 Å². The topological polar surface area (TPSA) is 9.23 Å². The van der Waals surface area contributed by atoms with E-state index in [1.807, 2.05) is 0 Å². The van der Waals surface area contributed by atoms with Gasteiger partial charge < -0.3 is 4.74 Å². The smallest absolute Gasteiger partial charge is 0.0747 e. The molecule has 15 heavy (non-hydrogen) atoms. The van der Waals surface area contributed by atoms with E-state index >= 15 is 0 Å². The lowest BCUT2D eigenvalue weighted by Crippen LogP contribution is -2.48. The standard InChI is InChI=1S/C14H24O/c1-10-5-4-6-11-7-8-12-9-14(10,11)15-13(12,2)3/h10-12H,4-9H2,1-3H3. The Morgan fingerprint density at radius 2 is 1.73 bits per heavy atom. The molecular formula is C14H24O. The van der Waals surface area contributed by atoms with Crippen LogP contribution in [-0.2, 0) is 4.74 Å².